The number of hydrogen-bond acceptors (Lipinski definition) is 5. The third kappa shape index (κ3) is 2.70. The van der Waals surface area contributed by atoms with Gasteiger partial charge in [0, 0.05) is 24.9 Å². The molecule has 3 rings (SSSR count). The van der Waals surface area contributed by atoms with Gasteiger partial charge in [0.05, 0.1) is 27.5 Å². The van der Waals surface area contributed by atoms with E-state index in [1.807, 2.05) is 18.2 Å². The van der Waals surface area contributed by atoms with E-state index in [1.54, 1.807) is 12.3 Å². The lowest BCUT2D eigenvalue weighted by atomic mass is 10.2. The van der Waals surface area contributed by atoms with Gasteiger partial charge < -0.3 is 5.32 Å². The van der Waals surface area contributed by atoms with E-state index in [4.69, 9.17) is 23.2 Å². The molecule has 20 heavy (non-hydrogen) atoms. The number of anilines is 1. The summed E-state index contributed by atoms with van der Waals surface area (Å²) < 4.78 is 8.42. The van der Waals surface area contributed by atoms with Crippen molar-refractivity contribution in [3.63, 3.8) is 0 Å². The number of aromatic nitrogens is 3. The lowest BCUT2D eigenvalue weighted by molar-refractivity contribution is 0.962. The van der Waals surface area contributed by atoms with Gasteiger partial charge in [-0.2, -0.15) is 8.75 Å². The van der Waals surface area contributed by atoms with Crippen molar-refractivity contribution >= 4 is 51.7 Å². The molecule has 0 saturated heterocycles. The summed E-state index contributed by atoms with van der Waals surface area (Å²) in [5.41, 5.74) is 3.20. The average molecular weight is 325 g/mol. The standard InChI is InChI=1S/C13H10Cl2N4S/c14-9-7-10(15)12-13(19-20-18-12)11(9)17-6-4-8-3-1-2-5-16-8/h1-3,5,7,17H,4,6H2. The van der Waals surface area contributed by atoms with Gasteiger partial charge in [-0.3, -0.25) is 4.98 Å². The normalized spacial score (nSPS) is 10.9. The summed E-state index contributed by atoms with van der Waals surface area (Å²) in [7, 11) is 0. The molecule has 0 saturated carbocycles. The fraction of sp³-hybridized carbons (Fsp3) is 0.154. The number of hydrogen-bond donors (Lipinski definition) is 1. The van der Waals surface area contributed by atoms with E-state index >= 15 is 0 Å². The molecule has 0 unspecified atom stereocenters. The molecule has 0 aliphatic heterocycles. The summed E-state index contributed by atoms with van der Waals surface area (Å²) in [6.45, 7) is 0.713. The smallest absolute Gasteiger partial charge is 0.130 e. The van der Waals surface area contributed by atoms with E-state index in [2.05, 4.69) is 19.0 Å². The largest absolute Gasteiger partial charge is 0.382 e. The maximum absolute atomic E-state index is 6.22. The van der Waals surface area contributed by atoms with Crippen LogP contribution in [0.3, 0.4) is 0 Å². The van der Waals surface area contributed by atoms with Crippen LogP contribution in [0.4, 0.5) is 5.69 Å². The first-order valence-electron chi connectivity index (χ1n) is 6.00. The molecule has 0 aliphatic carbocycles. The molecular weight excluding hydrogens is 315 g/mol. The number of fused-ring (bicyclic) bond motifs is 1. The highest BCUT2D eigenvalue weighted by Gasteiger charge is 2.13. The molecule has 0 amide bonds. The Hall–Kier alpha value is -1.43. The van der Waals surface area contributed by atoms with Crippen LogP contribution in [0.2, 0.25) is 10.0 Å². The van der Waals surface area contributed by atoms with Crippen molar-refractivity contribution in [1.82, 2.24) is 13.7 Å². The van der Waals surface area contributed by atoms with Gasteiger partial charge in [-0.1, -0.05) is 29.3 Å². The number of rotatable bonds is 4. The molecular formula is C13H10Cl2N4S. The molecule has 102 valence electrons. The maximum Gasteiger partial charge on any atom is 0.130 e. The molecule has 1 N–H and O–H groups in total. The second-order valence-corrected chi connectivity index (χ2v) is 5.52. The van der Waals surface area contributed by atoms with Crippen molar-refractivity contribution in [3.8, 4) is 0 Å². The Bertz CT molecular complexity index is 730. The second-order valence-electron chi connectivity index (χ2n) is 4.17. The summed E-state index contributed by atoms with van der Waals surface area (Å²) in [6.07, 6.45) is 2.59. The molecule has 2 heterocycles. The van der Waals surface area contributed by atoms with Crippen molar-refractivity contribution in [1.29, 1.82) is 0 Å². The molecule has 0 aliphatic rings. The average Bonchev–Trinajstić information content (AvgIpc) is 2.93. The van der Waals surface area contributed by atoms with Crippen molar-refractivity contribution in [3.05, 3.63) is 46.2 Å². The number of halogens is 2. The lowest BCUT2D eigenvalue weighted by Crippen LogP contribution is -2.06. The topological polar surface area (TPSA) is 50.7 Å². The highest BCUT2D eigenvalue weighted by atomic mass is 35.5. The predicted octanol–water partition coefficient (Wildman–Crippen LogP) is 4.05. The zero-order chi connectivity index (χ0) is 13.9. The van der Waals surface area contributed by atoms with E-state index in [-0.39, 0.29) is 0 Å². The Morgan fingerprint density at radius 1 is 1.10 bits per heavy atom. The Kier molecular flexibility index (Phi) is 4.00. The minimum atomic E-state index is 0.522. The number of nitrogens with one attached hydrogen (secondary N) is 1. The molecule has 1 aromatic carbocycles. The SMILES string of the molecule is Clc1cc(Cl)c2nsnc2c1NCCc1ccccn1. The minimum absolute atomic E-state index is 0.522. The first-order chi connectivity index (χ1) is 9.75. The molecule has 4 nitrogen and oxygen atoms in total. The minimum Gasteiger partial charge on any atom is -0.382 e. The van der Waals surface area contributed by atoms with Crippen molar-refractivity contribution < 1.29 is 0 Å². The summed E-state index contributed by atoms with van der Waals surface area (Å²) in [5, 5.41) is 4.37. The Labute approximate surface area is 130 Å². The molecule has 0 radical (unpaired) electrons. The van der Waals surface area contributed by atoms with Crippen LogP contribution in [0.5, 0.6) is 0 Å². The van der Waals surface area contributed by atoms with Gasteiger partial charge in [-0.15, -0.1) is 0 Å². The third-order valence-electron chi connectivity index (χ3n) is 2.85. The zero-order valence-corrected chi connectivity index (χ0v) is 12.6. The fourth-order valence-corrected chi connectivity index (χ4v) is 3.08. The van der Waals surface area contributed by atoms with Crippen LogP contribution in [0, 0.1) is 0 Å². The number of nitrogens with zero attached hydrogens (tertiary/aromatic N) is 3. The molecule has 2 aromatic heterocycles. The molecule has 0 atom stereocenters. The molecule has 0 fully saturated rings. The maximum atomic E-state index is 6.22. The van der Waals surface area contributed by atoms with Crippen molar-refractivity contribution in [2.75, 3.05) is 11.9 Å². The third-order valence-corrected chi connectivity index (χ3v) is 3.97. The first-order valence-corrected chi connectivity index (χ1v) is 7.48. The summed E-state index contributed by atoms with van der Waals surface area (Å²) in [6, 6.07) is 7.55. The molecule has 3 aromatic rings. The van der Waals surface area contributed by atoms with Gasteiger partial charge in [-0.05, 0) is 18.2 Å². The Balaban J connectivity index is 1.79. The monoisotopic (exact) mass is 324 g/mol. The van der Waals surface area contributed by atoms with E-state index in [9.17, 15) is 0 Å². The van der Waals surface area contributed by atoms with Gasteiger partial charge in [0.25, 0.3) is 0 Å². The predicted molar refractivity (Wildman–Crippen MR) is 83.9 cm³/mol. The van der Waals surface area contributed by atoms with Crippen molar-refractivity contribution in [2.24, 2.45) is 0 Å². The zero-order valence-electron chi connectivity index (χ0n) is 10.3. The molecule has 7 heteroatoms. The Morgan fingerprint density at radius 2 is 1.95 bits per heavy atom. The second kappa shape index (κ2) is 5.91. The molecule has 0 bridgehead atoms. The van der Waals surface area contributed by atoms with Gasteiger partial charge in [0.15, 0.2) is 0 Å². The molecule has 0 spiro atoms. The van der Waals surface area contributed by atoms with Gasteiger partial charge in [0.2, 0.25) is 0 Å². The fourth-order valence-electron chi connectivity index (χ4n) is 1.90. The van der Waals surface area contributed by atoms with Crippen LogP contribution < -0.4 is 5.32 Å². The Morgan fingerprint density at radius 3 is 2.75 bits per heavy atom. The summed E-state index contributed by atoms with van der Waals surface area (Å²) >= 11 is 13.4. The van der Waals surface area contributed by atoms with Gasteiger partial charge >= 0.3 is 0 Å². The van der Waals surface area contributed by atoms with Crippen molar-refractivity contribution in [2.45, 2.75) is 6.42 Å². The van der Waals surface area contributed by atoms with Gasteiger partial charge in [-0.25, -0.2) is 0 Å². The lowest BCUT2D eigenvalue weighted by Gasteiger charge is -2.09. The van der Waals surface area contributed by atoms with E-state index in [0.717, 1.165) is 29.5 Å². The highest BCUT2D eigenvalue weighted by molar-refractivity contribution is 7.00. The summed E-state index contributed by atoms with van der Waals surface area (Å²) in [4.78, 5) is 4.28. The van der Waals surface area contributed by atoms with Crippen LogP contribution in [-0.2, 0) is 6.42 Å². The highest BCUT2D eigenvalue weighted by Crippen LogP contribution is 2.35. The van der Waals surface area contributed by atoms with Crippen LogP contribution in [0.15, 0.2) is 30.5 Å². The number of benzene rings is 1. The first kappa shape index (κ1) is 13.5. The quantitative estimate of drug-likeness (QED) is 0.786. The van der Waals surface area contributed by atoms with E-state index < -0.39 is 0 Å². The van der Waals surface area contributed by atoms with Crippen LogP contribution in [0.25, 0.3) is 11.0 Å². The van der Waals surface area contributed by atoms with Crippen LogP contribution in [0.1, 0.15) is 5.69 Å². The van der Waals surface area contributed by atoms with E-state index in [1.165, 1.54) is 0 Å². The van der Waals surface area contributed by atoms with E-state index in [0.29, 0.717) is 27.6 Å². The van der Waals surface area contributed by atoms with Gasteiger partial charge in [0.1, 0.15) is 11.0 Å². The summed E-state index contributed by atoms with van der Waals surface area (Å²) in [5.74, 6) is 0. The van der Waals surface area contributed by atoms with Crippen LogP contribution >= 0.6 is 34.9 Å². The van der Waals surface area contributed by atoms with Crippen LogP contribution in [-0.4, -0.2) is 20.3 Å². The number of pyridine rings is 1.